The molecule has 2 heterocycles. The van der Waals surface area contributed by atoms with Crippen LogP contribution in [0.3, 0.4) is 0 Å². The quantitative estimate of drug-likeness (QED) is 0.508. The van der Waals surface area contributed by atoms with E-state index in [0.717, 1.165) is 0 Å². The van der Waals surface area contributed by atoms with Crippen LogP contribution < -0.4 is 10.1 Å². The van der Waals surface area contributed by atoms with Crippen LogP contribution in [0.25, 0.3) is 16.9 Å². The number of thioether (sulfide) groups is 1. The molecule has 1 aliphatic carbocycles. The van der Waals surface area contributed by atoms with Gasteiger partial charge in [-0.05, 0) is 48.4 Å². The Morgan fingerprint density at radius 1 is 1.19 bits per heavy atom. The minimum atomic E-state index is -4.41. The molecule has 3 aromatic rings. The van der Waals surface area contributed by atoms with E-state index in [9.17, 15) is 23.4 Å². The molecule has 1 fully saturated rings. The van der Waals surface area contributed by atoms with E-state index in [2.05, 4.69) is 15.4 Å². The maximum Gasteiger partial charge on any atom is 0.446 e. The average Bonchev–Trinajstić information content (AvgIpc) is 3.25. The first-order chi connectivity index (χ1) is 14.7. The van der Waals surface area contributed by atoms with Gasteiger partial charge in [0.25, 0.3) is 0 Å². The predicted molar refractivity (Wildman–Crippen MR) is 110 cm³/mol. The molecule has 7 nitrogen and oxygen atoms in total. The lowest BCUT2D eigenvalue weighted by Crippen LogP contribution is -2.35. The van der Waals surface area contributed by atoms with Crippen LogP contribution in [-0.4, -0.2) is 55.7 Å². The number of benzene rings is 1. The second-order valence-electron chi connectivity index (χ2n) is 7.48. The molecule has 0 aliphatic heterocycles. The Kier molecular flexibility index (Phi) is 5.75. The Morgan fingerprint density at radius 3 is 2.61 bits per heavy atom. The van der Waals surface area contributed by atoms with E-state index < -0.39 is 17.7 Å². The van der Waals surface area contributed by atoms with E-state index >= 15 is 0 Å². The first kappa shape index (κ1) is 21.7. The van der Waals surface area contributed by atoms with E-state index in [0.29, 0.717) is 34.9 Å². The number of fused-ring (bicyclic) bond motifs is 1. The fourth-order valence-electron chi connectivity index (χ4n) is 3.81. The minimum Gasteiger partial charge on any atom is -0.496 e. The maximum absolute atomic E-state index is 12.8. The molecule has 166 valence electrons. The molecule has 31 heavy (non-hydrogen) atoms. The largest absolute Gasteiger partial charge is 0.496 e. The number of aliphatic hydroxyl groups excluding tert-OH is 2. The Labute approximate surface area is 180 Å². The molecule has 0 amide bonds. The number of methoxy groups -OCH3 is 1. The number of halogens is 3. The number of ether oxygens (including phenoxy) is 1. The van der Waals surface area contributed by atoms with Gasteiger partial charge in [-0.3, -0.25) is 0 Å². The van der Waals surface area contributed by atoms with Crippen molar-refractivity contribution in [1.82, 2.24) is 14.6 Å². The van der Waals surface area contributed by atoms with Gasteiger partial charge in [-0.15, -0.1) is 0 Å². The number of hydrogen-bond acceptors (Lipinski definition) is 7. The lowest BCUT2D eigenvalue weighted by atomic mass is 10.1. The molecule has 0 radical (unpaired) electrons. The maximum atomic E-state index is 12.8. The SMILES string of the molecule is COc1ccc(SC(F)(F)F)cc1-c1cc2nccc(N[C@@H]3C[C@@H](C)[C@@H](O)[C@H]3O)n2n1. The fraction of sp³-hybridized carbons (Fsp3) is 0.400. The minimum absolute atomic E-state index is 0.0173. The Balaban J connectivity index is 1.70. The van der Waals surface area contributed by atoms with Gasteiger partial charge in [0, 0.05) is 22.7 Å². The summed E-state index contributed by atoms with van der Waals surface area (Å²) in [6.45, 7) is 1.86. The zero-order valence-corrected chi connectivity index (χ0v) is 17.5. The van der Waals surface area contributed by atoms with Gasteiger partial charge >= 0.3 is 5.51 Å². The molecule has 11 heteroatoms. The van der Waals surface area contributed by atoms with Crippen molar-refractivity contribution >= 4 is 23.2 Å². The van der Waals surface area contributed by atoms with Gasteiger partial charge in [0.2, 0.25) is 0 Å². The Hall–Kier alpha value is -2.50. The summed E-state index contributed by atoms with van der Waals surface area (Å²) in [5.74, 6) is 0.866. The Bertz CT molecular complexity index is 1090. The van der Waals surface area contributed by atoms with Gasteiger partial charge in [0.1, 0.15) is 17.7 Å². The second kappa shape index (κ2) is 8.21. The lowest BCUT2D eigenvalue weighted by Gasteiger charge is -2.19. The van der Waals surface area contributed by atoms with Crippen LogP contribution in [0.1, 0.15) is 13.3 Å². The molecule has 3 N–H and O–H groups in total. The van der Waals surface area contributed by atoms with Crippen molar-refractivity contribution in [3.8, 4) is 17.0 Å². The number of nitrogens with one attached hydrogen (secondary N) is 1. The second-order valence-corrected chi connectivity index (χ2v) is 8.62. The van der Waals surface area contributed by atoms with E-state index in [1.54, 1.807) is 18.3 Å². The van der Waals surface area contributed by atoms with E-state index in [-0.39, 0.29) is 28.6 Å². The molecule has 2 aromatic heterocycles. The van der Waals surface area contributed by atoms with Gasteiger partial charge in [0.05, 0.1) is 24.9 Å². The summed E-state index contributed by atoms with van der Waals surface area (Å²) in [6, 6.07) is 7.15. The molecule has 0 unspecified atom stereocenters. The third-order valence-electron chi connectivity index (χ3n) is 5.34. The molecule has 4 rings (SSSR count). The predicted octanol–water partition coefficient (Wildman–Crippen LogP) is 3.56. The molecule has 0 bridgehead atoms. The zero-order chi connectivity index (χ0) is 22.3. The summed E-state index contributed by atoms with van der Waals surface area (Å²) < 4.78 is 45.3. The third kappa shape index (κ3) is 4.43. The van der Waals surface area contributed by atoms with Crippen LogP contribution in [-0.2, 0) is 0 Å². The first-order valence-electron chi connectivity index (χ1n) is 9.58. The van der Waals surface area contributed by atoms with Crippen LogP contribution >= 0.6 is 11.8 Å². The van der Waals surface area contributed by atoms with Crippen molar-refractivity contribution < 1.29 is 28.1 Å². The highest BCUT2D eigenvalue weighted by Gasteiger charge is 2.39. The highest BCUT2D eigenvalue weighted by atomic mass is 32.2. The number of aromatic nitrogens is 3. The summed E-state index contributed by atoms with van der Waals surface area (Å²) in [7, 11) is 1.43. The number of anilines is 1. The fourth-order valence-corrected chi connectivity index (χ4v) is 4.39. The molecule has 1 aliphatic rings. The van der Waals surface area contributed by atoms with Gasteiger partial charge in [-0.2, -0.15) is 22.8 Å². The van der Waals surface area contributed by atoms with Crippen molar-refractivity contribution in [3.63, 3.8) is 0 Å². The average molecular weight is 454 g/mol. The molecular formula is C20H21F3N4O3S. The lowest BCUT2D eigenvalue weighted by molar-refractivity contribution is -0.0328. The van der Waals surface area contributed by atoms with Crippen LogP contribution in [0.15, 0.2) is 41.4 Å². The monoisotopic (exact) mass is 454 g/mol. The van der Waals surface area contributed by atoms with E-state index in [4.69, 9.17) is 4.74 Å². The van der Waals surface area contributed by atoms with Gasteiger partial charge < -0.3 is 20.3 Å². The van der Waals surface area contributed by atoms with E-state index in [1.165, 1.54) is 29.8 Å². The summed E-state index contributed by atoms with van der Waals surface area (Å²) in [6.07, 6.45) is 0.396. The number of nitrogens with zero attached hydrogens (tertiary/aromatic N) is 3. The molecule has 1 saturated carbocycles. The van der Waals surface area contributed by atoms with Crippen molar-refractivity contribution in [3.05, 3.63) is 36.5 Å². The number of hydrogen-bond donors (Lipinski definition) is 3. The first-order valence-corrected chi connectivity index (χ1v) is 10.4. The van der Waals surface area contributed by atoms with Gasteiger partial charge in [0.15, 0.2) is 5.65 Å². The molecule has 4 atom stereocenters. The number of alkyl halides is 3. The van der Waals surface area contributed by atoms with Crippen LogP contribution in [0.5, 0.6) is 5.75 Å². The number of rotatable bonds is 5. The number of aliphatic hydroxyl groups is 2. The zero-order valence-electron chi connectivity index (χ0n) is 16.7. The highest BCUT2D eigenvalue weighted by Crippen LogP contribution is 2.41. The molecule has 1 aromatic carbocycles. The summed E-state index contributed by atoms with van der Waals surface area (Å²) in [5, 5.41) is 28.0. The van der Waals surface area contributed by atoms with Crippen molar-refractivity contribution in [1.29, 1.82) is 0 Å². The van der Waals surface area contributed by atoms with Gasteiger partial charge in [-0.25, -0.2) is 4.98 Å². The molecule has 0 saturated heterocycles. The molecular weight excluding hydrogens is 433 g/mol. The summed E-state index contributed by atoms with van der Waals surface area (Å²) >= 11 is -0.209. The molecule has 0 spiro atoms. The highest BCUT2D eigenvalue weighted by molar-refractivity contribution is 8.00. The van der Waals surface area contributed by atoms with Crippen molar-refractivity contribution in [2.45, 2.75) is 42.0 Å². The summed E-state index contributed by atoms with van der Waals surface area (Å²) in [4.78, 5) is 4.29. The van der Waals surface area contributed by atoms with Crippen molar-refractivity contribution in [2.75, 3.05) is 12.4 Å². The topological polar surface area (TPSA) is 91.9 Å². The Morgan fingerprint density at radius 2 is 1.97 bits per heavy atom. The third-order valence-corrected chi connectivity index (χ3v) is 6.06. The smallest absolute Gasteiger partial charge is 0.446 e. The summed E-state index contributed by atoms with van der Waals surface area (Å²) in [5.41, 5.74) is -3.15. The van der Waals surface area contributed by atoms with E-state index in [1.807, 2.05) is 6.92 Å². The standard InChI is InChI=1S/C20H21F3N4O3S/c1-10-7-14(19(29)18(10)28)25-16-5-6-24-17-9-13(26-27(16)17)12-8-11(31-20(21,22)23)3-4-15(12)30-2/h3-6,8-10,14,18-19,25,28-29H,7H2,1-2H3/t10-,14-,18-,19+/m1/s1. The normalized spacial score (nSPS) is 24.0. The van der Waals surface area contributed by atoms with Crippen LogP contribution in [0.2, 0.25) is 0 Å². The van der Waals surface area contributed by atoms with Crippen LogP contribution in [0, 0.1) is 5.92 Å². The van der Waals surface area contributed by atoms with Crippen LogP contribution in [0.4, 0.5) is 19.0 Å². The van der Waals surface area contributed by atoms with Gasteiger partial charge in [-0.1, -0.05) is 6.92 Å². The van der Waals surface area contributed by atoms with Crippen molar-refractivity contribution in [2.24, 2.45) is 5.92 Å².